The fourth-order valence-electron chi connectivity index (χ4n) is 2.92. The maximum atomic E-state index is 11.5. The number of ether oxygens (including phenoxy) is 1. The van der Waals surface area contributed by atoms with Crippen LogP contribution in [0.25, 0.3) is 0 Å². The molecule has 0 saturated heterocycles. The van der Waals surface area contributed by atoms with Crippen LogP contribution in [0.3, 0.4) is 0 Å². The second kappa shape index (κ2) is 8.82. The minimum atomic E-state index is -1.12. The third kappa shape index (κ3) is 5.17. The molecular formula is C22H28O3. The monoisotopic (exact) mass is 340 g/mol. The van der Waals surface area contributed by atoms with Crippen LogP contribution in [-0.2, 0) is 9.53 Å². The van der Waals surface area contributed by atoms with Gasteiger partial charge in [-0.3, -0.25) is 0 Å². The van der Waals surface area contributed by atoms with Gasteiger partial charge in [0.1, 0.15) is 0 Å². The third-order valence-electron chi connectivity index (χ3n) is 4.37. The third-order valence-corrected chi connectivity index (χ3v) is 4.37. The van der Waals surface area contributed by atoms with E-state index in [1.54, 1.807) is 6.92 Å². The van der Waals surface area contributed by atoms with Crippen LogP contribution in [0.15, 0.2) is 72.9 Å². The first-order valence-corrected chi connectivity index (χ1v) is 9.01. The molecule has 25 heavy (non-hydrogen) atoms. The molecule has 1 unspecified atom stereocenters. The Morgan fingerprint density at radius 2 is 1.72 bits per heavy atom. The van der Waals surface area contributed by atoms with E-state index < -0.39 is 12.1 Å². The van der Waals surface area contributed by atoms with Crippen molar-refractivity contribution in [2.75, 3.05) is 6.61 Å². The highest BCUT2D eigenvalue weighted by molar-refractivity contribution is 5.74. The van der Waals surface area contributed by atoms with Crippen molar-refractivity contribution in [1.82, 2.24) is 0 Å². The molecule has 134 valence electrons. The van der Waals surface area contributed by atoms with Crippen molar-refractivity contribution in [3.05, 3.63) is 72.9 Å². The van der Waals surface area contributed by atoms with Crippen LogP contribution in [0.4, 0.5) is 0 Å². The normalized spacial score (nSPS) is 21.4. The topological polar surface area (TPSA) is 46.5 Å². The summed E-state index contributed by atoms with van der Waals surface area (Å²) in [6, 6.07) is 0. The molecule has 0 aliphatic heterocycles. The number of aliphatic hydroxyl groups excluding tert-OH is 1. The summed E-state index contributed by atoms with van der Waals surface area (Å²) in [7, 11) is 0. The molecule has 1 N–H and O–H groups in total. The number of carbonyl (C=O) groups is 1. The van der Waals surface area contributed by atoms with Gasteiger partial charge in [-0.15, -0.1) is 0 Å². The van der Waals surface area contributed by atoms with Gasteiger partial charge in [-0.05, 0) is 19.8 Å². The molecule has 2 aliphatic carbocycles. The van der Waals surface area contributed by atoms with Crippen LogP contribution >= 0.6 is 0 Å². The van der Waals surface area contributed by atoms with E-state index in [0.29, 0.717) is 0 Å². The molecule has 1 atom stereocenters. The van der Waals surface area contributed by atoms with Gasteiger partial charge in [-0.2, -0.15) is 0 Å². The van der Waals surface area contributed by atoms with Crippen molar-refractivity contribution in [3.63, 3.8) is 0 Å². The molecule has 0 fully saturated rings. The van der Waals surface area contributed by atoms with Gasteiger partial charge in [0, 0.05) is 17.3 Å². The quantitative estimate of drug-likeness (QED) is 0.550. The van der Waals surface area contributed by atoms with E-state index in [1.165, 1.54) is 0 Å². The average Bonchev–Trinajstić information content (AvgIpc) is 2.63. The summed E-state index contributed by atoms with van der Waals surface area (Å²) in [6.07, 6.45) is 26.7. The first-order chi connectivity index (χ1) is 12.0. The smallest absolute Gasteiger partial charge is 0.335 e. The van der Waals surface area contributed by atoms with Gasteiger partial charge in [-0.1, -0.05) is 79.8 Å². The summed E-state index contributed by atoms with van der Waals surface area (Å²) in [6.45, 7) is 4.10. The fraction of sp³-hybridized carbons (Fsp3) is 0.409. The van der Waals surface area contributed by atoms with Gasteiger partial charge >= 0.3 is 5.97 Å². The largest absolute Gasteiger partial charge is 0.464 e. The average molecular weight is 340 g/mol. The van der Waals surface area contributed by atoms with E-state index in [-0.39, 0.29) is 23.9 Å². The van der Waals surface area contributed by atoms with Crippen LogP contribution in [0.5, 0.6) is 0 Å². The van der Waals surface area contributed by atoms with Gasteiger partial charge in [-0.25, -0.2) is 4.79 Å². The Balaban J connectivity index is 2.12. The maximum Gasteiger partial charge on any atom is 0.335 e. The summed E-state index contributed by atoms with van der Waals surface area (Å²) in [5, 5.41) is 9.84. The van der Waals surface area contributed by atoms with Crippen LogP contribution in [0, 0.1) is 10.8 Å². The number of carbonyl (C=O) groups excluding carboxylic acids is 1. The highest BCUT2D eigenvalue weighted by Gasteiger charge is 2.28. The number of hydrogen-bond donors (Lipinski definition) is 1. The van der Waals surface area contributed by atoms with Crippen LogP contribution in [-0.4, -0.2) is 23.8 Å². The van der Waals surface area contributed by atoms with E-state index in [9.17, 15) is 9.90 Å². The first-order valence-electron chi connectivity index (χ1n) is 9.01. The van der Waals surface area contributed by atoms with Crippen molar-refractivity contribution in [2.24, 2.45) is 10.8 Å². The van der Waals surface area contributed by atoms with Crippen molar-refractivity contribution in [3.8, 4) is 0 Å². The predicted octanol–water partition coefficient (Wildman–Crippen LogP) is 4.44. The molecule has 0 aromatic carbocycles. The Labute approximate surface area is 150 Å². The summed E-state index contributed by atoms with van der Waals surface area (Å²) in [4.78, 5) is 11.5. The second-order valence-electron chi connectivity index (χ2n) is 6.42. The van der Waals surface area contributed by atoms with Gasteiger partial charge in [0.25, 0.3) is 0 Å². The van der Waals surface area contributed by atoms with Gasteiger partial charge in [0.15, 0.2) is 6.10 Å². The minimum Gasteiger partial charge on any atom is -0.464 e. The molecule has 0 radical (unpaired) electrons. The summed E-state index contributed by atoms with van der Waals surface area (Å²) >= 11 is 0. The Morgan fingerprint density at radius 1 is 1.08 bits per heavy atom. The predicted molar refractivity (Wildman–Crippen MR) is 102 cm³/mol. The maximum absolute atomic E-state index is 11.5. The molecule has 0 saturated carbocycles. The Bertz CT molecular complexity index is 604. The van der Waals surface area contributed by atoms with E-state index in [0.717, 1.165) is 12.8 Å². The Morgan fingerprint density at radius 3 is 2.32 bits per heavy atom. The van der Waals surface area contributed by atoms with Crippen LogP contribution < -0.4 is 0 Å². The zero-order valence-corrected chi connectivity index (χ0v) is 15.1. The molecule has 2 rings (SSSR count). The molecular weight excluding hydrogens is 312 g/mol. The minimum absolute atomic E-state index is 0.125. The molecule has 2 aliphatic rings. The SMILES string of the molecule is CC/C=C\C1(/C=C\CC(O)C(=O)OCC)C=CC2(C=CCC=C2)C=C1. The van der Waals surface area contributed by atoms with E-state index in [1.807, 2.05) is 12.2 Å². The van der Waals surface area contributed by atoms with Gasteiger partial charge in [0.05, 0.1) is 6.61 Å². The van der Waals surface area contributed by atoms with Crippen LogP contribution in [0.1, 0.15) is 33.1 Å². The summed E-state index contributed by atoms with van der Waals surface area (Å²) in [5.74, 6) is -0.573. The Kier molecular flexibility index (Phi) is 6.77. The van der Waals surface area contributed by atoms with E-state index in [4.69, 9.17) is 4.74 Å². The van der Waals surface area contributed by atoms with E-state index in [2.05, 4.69) is 67.7 Å². The number of allylic oxidation sites excluding steroid dienone is 11. The lowest BCUT2D eigenvalue weighted by atomic mass is 9.73. The standard InChI is InChI=1S/C22H28O3/c1-3-5-11-21(14-9-10-19(23)20(24)25-4-2)15-17-22(18-16-21)12-7-6-8-13-22/h5,7-9,11-19,23H,3-4,6,10H2,1-2H3/b11-5-,14-9-. The lowest BCUT2D eigenvalue weighted by molar-refractivity contribution is -0.152. The lowest BCUT2D eigenvalue weighted by Crippen LogP contribution is -2.23. The molecule has 3 nitrogen and oxygen atoms in total. The van der Waals surface area contributed by atoms with Gasteiger partial charge in [0.2, 0.25) is 0 Å². The summed E-state index contributed by atoms with van der Waals surface area (Å²) < 4.78 is 4.83. The molecule has 3 heteroatoms. The van der Waals surface area contributed by atoms with Gasteiger partial charge < -0.3 is 9.84 Å². The molecule has 0 amide bonds. The number of rotatable bonds is 7. The molecule has 0 heterocycles. The fourth-order valence-corrected chi connectivity index (χ4v) is 2.92. The molecule has 0 bridgehead atoms. The lowest BCUT2D eigenvalue weighted by Gasteiger charge is -2.31. The molecule has 0 aromatic heterocycles. The van der Waals surface area contributed by atoms with Crippen molar-refractivity contribution < 1.29 is 14.6 Å². The summed E-state index contributed by atoms with van der Waals surface area (Å²) in [5.41, 5.74) is -0.450. The molecule has 1 spiro atoms. The Hall–Kier alpha value is -2.13. The van der Waals surface area contributed by atoms with Crippen molar-refractivity contribution >= 4 is 5.97 Å². The van der Waals surface area contributed by atoms with Crippen molar-refractivity contribution in [1.29, 1.82) is 0 Å². The highest BCUT2D eigenvalue weighted by atomic mass is 16.5. The zero-order chi connectivity index (χ0) is 18.2. The number of esters is 1. The highest BCUT2D eigenvalue weighted by Crippen LogP contribution is 2.39. The van der Waals surface area contributed by atoms with Crippen LogP contribution in [0.2, 0.25) is 0 Å². The number of aliphatic hydroxyl groups is 1. The second-order valence-corrected chi connectivity index (χ2v) is 6.42. The van der Waals surface area contributed by atoms with Crippen molar-refractivity contribution in [2.45, 2.75) is 39.2 Å². The zero-order valence-electron chi connectivity index (χ0n) is 15.1. The number of hydrogen-bond acceptors (Lipinski definition) is 3. The molecule has 0 aromatic rings. The first kappa shape index (κ1) is 19.2. The van der Waals surface area contributed by atoms with E-state index >= 15 is 0 Å².